The molecule has 1 heterocycles. The van der Waals surface area contributed by atoms with E-state index >= 15 is 0 Å². The van der Waals surface area contributed by atoms with Gasteiger partial charge in [0.1, 0.15) is 7.05 Å². The van der Waals surface area contributed by atoms with Crippen LogP contribution in [0.1, 0.15) is 42.7 Å². The maximum atomic E-state index is 2.42. The SMILES string of the molecule is Cc1ccc(C2CCCC2)cc1-c1cccc[n+]1C. The summed E-state index contributed by atoms with van der Waals surface area (Å²) in [6, 6.07) is 13.5. The first-order valence-electron chi connectivity index (χ1n) is 7.31. The number of aryl methyl sites for hydroxylation is 2. The third-order valence-corrected chi connectivity index (χ3v) is 4.42. The Kier molecular flexibility index (Phi) is 3.37. The summed E-state index contributed by atoms with van der Waals surface area (Å²) in [5.74, 6) is 0.786. The molecule has 1 aliphatic carbocycles. The van der Waals surface area contributed by atoms with Crippen LogP contribution < -0.4 is 4.57 Å². The van der Waals surface area contributed by atoms with Gasteiger partial charge in [0, 0.05) is 17.7 Å². The van der Waals surface area contributed by atoms with E-state index in [1.807, 2.05) is 0 Å². The van der Waals surface area contributed by atoms with E-state index in [4.69, 9.17) is 0 Å². The largest absolute Gasteiger partial charge is 0.212 e. The second-order valence-electron chi connectivity index (χ2n) is 5.75. The molecule has 1 heteroatoms. The molecule has 1 saturated carbocycles. The van der Waals surface area contributed by atoms with Crippen LogP contribution in [0.25, 0.3) is 11.3 Å². The van der Waals surface area contributed by atoms with Crippen molar-refractivity contribution in [3.8, 4) is 11.3 Å². The summed E-state index contributed by atoms with van der Waals surface area (Å²) in [6.45, 7) is 2.21. The molecule has 0 amide bonds. The second kappa shape index (κ2) is 5.16. The Balaban J connectivity index is 2.05. The van der Waals surface area contributed by atoms with Crippen LogP contribution >= 0.6 is 0 Å². The van der Waals surface area contributed by atoms with E-state index in [1.165, 1.54) is 48.1 Å². The summed E-state index contributed by atoms with van der Waals surface area (Å²) in [7, 11) is 2.12. The van der Waals surface area contributed by atoms with Crippen LogP contribution in [0.5, 0.6) is 0 Å². The van der Waals surface area contributed by atoms with Gasteiger partial charge >= 0.3 is 0 Å². The van der Waals surface area contributed by atoms with Crippen molar-refractivity contribution in [1.82, 2.24) is 0 Å². The molecule has 98 valence electrons. The predicted octanol–water partition coefficient (Wildman–Crippen LogP) is 4.14. The molecule has 1 aromatic carbocycles. The molecule has 0 spiro atoms. The number of pyridine rings is 1. The van der Waals surface area contributed by atoms with Crippen molar-refractivity contribution >= 4 is 0 Å². The fourth-order valence-electron chi connectivity index (χ4n) is 3.23. The Bertz CT molecular complexity index is 580. The van der Waals surface area contributed by atoms with E-state index in [9.17, 15) is 0 Å². The fraction of sp³-hybridized carbons (Fsp3) is 0.389. The third kappa shape index (κ3) is 2.42. The summed E-state index contributed by atoms with van der Waals surface area (Å²) in [4.78, 5) is 0. The van der Waals surface area contributed by atoms with Crippen LogP contribution in [0.4, 0.5) is 0 Å². The minimum atomic E-state index is 0.786. The van der Waals surface area contributed by atoms with Gasteiger partial charge in [0.25, 0.3) is 0 Å². The highest BCUT2D eigenvalue weighted by Crippen LogP contribution is 2.36. The third-order valence-electron chi connectivity index (χ3n) is 4.42. The minimum Gasteiger partial charge on any atom is -0.201 e. The zero-order chi connectivity index (χ0) is 13.2. The smallest absolute Gasteiger partial charge is 0.201 e. The molecule has 0 radical (unpaired) electrons. The highest BCUT2D eigenvalue weighted by atomic mass is 14.9. The van der Waals surface area contributed by atoms with Crippen LogP contribution in [-0.2, 0) is 7.05 Å². The first-order valence-corrected chi connectivity index (χ1v) is 7.31. The highest BCUT2D eigenvalue weighted by molar-refractivity contribution is 5.62. The van der Waals surface area contributed by atoms with Crippen LogP contribution in [0.15, 0.2) is 42.6 Å². The maximum absolute atomic E-state index is 2.42. The number of aromatic nitrogens is 1. The molecular weight excluding hydrogens is 230 g/mol. The summed E-state index contributed by atoms with van der Waals surface area (Å²) >= 11 is 0. The predicted molar refractivity (Wildman–Crippen MR) is 79.0 cm³/mol. The molecule has 0 saturated heterocycles. The van der Waals surface area contributed by atoms with Gasteiger partial charge in [-0.3, -0.25) is 0 Å². The van der Waals surface area contributed by atoms with Crippen molar-refractivity contribution in [2.75, 3.05) is 0 Å². The van der Waals surface area contributed by atoms with Crippen LogP contribution in [0, 0.1) is 6.92 Å². The van der Waals surface area contributed by atoms with E-state index in [-0.39, 0.29) is 0 Å². The zero-order valence-electron chi connectivity index (χ0n) is 11.9. The van der Waals surface area contributed by atoms with Gasteiger partial charge in [-0.05, 0) is 48.9 Å². The standard InChI is InChI=1S/C18H22N/c1-14-10-11-16(15-7-3-4-8-15)13-17(14)18-9-5-6-12-19(18)2/h5-6,9-13,15H,3-4,7-8H2,1-2H3/q+1. The van der Waals surface area contributed by atoms with Crippen molar-refractivity contribution < 1.29 is 4.57 Å². The molecule has 0 atom stereocenters. The van der Waals surface area contributed by atoms with Gasteiger partial charge in [0.15, 0.2) is 6.20 Å². The average molecular weight is 252 g/mol. The van der Waals surface area contributed by atoms with Crippen molar-refractivity contribution in [3.05, 3.63) is 53.7 Å². The van der Waals surface area contributed by atoms with Gasteiger partial charge in [0.05, 0.1) is 0 Å². The lowest BCUT2D eigenvalue weighted by Crippen LogP contribution is -2.30. The normalized spacial score (nSPS) is 15.9. The van der Waals surface area contributed by atoms with Gasteiger partial charge in [0.2, 0.25) is 5.69 Å². The lowest BCUT2D eigenvalue weighted by molar-refractivity contribution is -0.660. The highest BCUT2D eigenvalue weighted by Gasteiger charge is 2.19. The second-order valence-corrected chi connectivity index (χ2v) is 5.75. The molecule has 0 unspecified atom stereocenters. The van der Waals surface area contributed by atoms with Gasteiger partial charge in [-0.15, -0.1) is 0 Å². The fourth-order valence-corrected chi connectivity index (χ4v) is 3.23. The van der Waals surface area contributed by atoms with Crippen LogP contribution in [-0.4, -0.2) is 0 Å². The van der Waals surface area contributed by atoms with Crippen LogP contribution in [0.2, 0.25) is 0 Å². The summed E-state index contributed by atoms with van der Waals surface area (Å²) in [5, 5.41) is 0. The lowest BCUT2D eigenvalue weighted by atomic mass is 9.93. The minimum absolute atomic E-state index is 0.786. The number of rotatable bonds is 2. The lowest BCUT2D eigenvalue weighted by Gasteiger charge is -2.12. The first kappa shape index (κ1) is 12.4. The molecule has 1 aromatic heterocycles. The average Bonchev–Trinajstić information content (AvgIpc) is 2.94. The molecule has 1 fully saturated rings. The van der Waals surface area contributed by atoms with E-state index in [0.717, 1.165) is 5.92 Å². The van der Waals surface area contributed by atoms with E-state index in [0.29, 0.717) is 0 Å². The number of nitrogens with zero attached hydrogens (tertiary/aromatic N) is 1. The van der Waals surface area contributed by atoms with E-state index < -0.39 is 0 Å². The van der Waals surface area contributed by atoms with Gasteiger partial charge in [-0.2, -0.15) is 0 Å². The topological polar surface area (TPSA) is 3.88 Å². The molecule has 0 N–H and O–H groups in total. The van der Waals surface area contributed by atoms with Gasteiger partial charge < -0.3 is 0 Å². The van der Waals surface area contributed by atoms with E-state index in [2.05, 4.69) is 61.1 Å². The molecule has 0 aliphatic heterocycles. The number of hydrogen-bond donors (Lipinski definition) is 0. The molecular formula is C18H22N+. The summed E-state index contributed by atoms with van der Waals surface area (Å²) < 4.78 is 2.21. The number of benzene rings is 1. The van der Waals surface area contributed by atoms with Crippen molar-refractivity contribution in [2.24, 2.45) is 7.05 Å². The first-order chi connectivity index (χ1) is 9.25. The molecule has 1 aliphatic rings. The Morgan fingerprint density at radius 1 is 1.05 bits per heavy atom. The monoisotopic (exact) mass is 252 g/mol. The van der Waals surface area contributed by atoms with Gasteiger partial charge in [-0.25, -0.2) is 4.57 Å². The Morgan fingerprint density at radius 2 is 1.84 bits per heavy atom. The van der Waals surface area contributed by atoms with Crippen molar-refractivity contribution in [2.45, 2.75) is 38.5 Å². The Hall–Kier alpha value is -1.63. The molecule has 0 bridgehead atoms. The van der Waals surface area contributed by atoms with Crippen molar-refractivity contribution in [3.63, 3.8) is 0 Å². The van der Waals surface area contributed by atoms with E-state index in [1.54, 1.807) is 0 Å². The van der Waals surface area contributed by atoms with Gasteiger partial charge in [-0.1, -0.05) is 25.0 Å². The molecule has 1 nitrogen and oxygen atoms in total. The summed E-state index contributed by atoms with van der Waals surface area (Å²) in [6.07, 6.45) is 7.64. The summed E-state index contributed by atoms with van der Waals surface area (Å²) in [5.41, 5.74) is 5.58. The Morgan fingerprint density at radius 3 is 2.58 bits per heavy atom. The van der Waals surface area contributed by atoms with Crippen molar-refractivity contribution in [1.29, 1.82) is 0 Å². The molecule has 2 aromatic rings. The quantitative estimate of drug-likeness (QED) is 0.707. The molecule has 19 heavy (non-hydrogen) atoms. The van der Waals surface area contributed by atoms with Crippen LogP contribution in [0.3, 0.4) is 0 Å². The number of hydrogen-bond acceptors (Lipinski definition) is 0. The zero-order valence-corrected chi connectivity index (χ0v) is 11.9. The maximum Gasteiger partial charge on any atom is 0.212 e. The molecule has 3 rings (SSSR count). The Labute approximate surface area is 115 Å².